The molecule has 29 heavy (non-hydrogen) atoms. The van der Waals surface area contributed by atoms with Crippen molar-refractivity contribution in [3.05, 3.63) is 29.2 Å². The lowest BCUT2D eigenvalue weighted by molar-refractivity contribution is -0.00503. The quantitative estimate of drug-likeness (QED) is 0.767. The fourth-order valence-corrected chi connectivity index (χ4v) is 4.98. The average Bonchev–Trinajstić information content (AvgIpc) is 3.10. The van der Waals surface area contributed by atoms with E-state index in [9.17, 15) is 4.79 Å². The van der Waals surface area contributed by atoms with E-state index in [1.165, 1.54) is 18.5 Å². The lowest BCUT2D eigenvalue weighted by Crippen LogP contribution is -2.54. The van der Waals surface area contributed by atoms with Crippen molar-refractivity contribution in [2.45, 2.75) is 76.5 Å². The first-order chi connectivity index (χ1) is 13.8. The molecule has 1 aliphatic heterocycles. The van der Waals surface area contributed by atoms with Crippen LogP contribution in [0.3, 0.4) is 0 Å². The standard InChI is InChI=1S/C21H29N5O3/c1-20(2,3)26-16(13-5-6-13)11-15(24-26)18(27)25-10-8-14-7-9-21(14,25)19-23-22-17(29-19)12-28-4/h11,13-14H,5-10,12H2,1-4H3/t14-,21-/m0/s1. The van der Waals surface area contributed by atoms with Crippen LogP contribution in [0.15, 0.2) is 10.5 Å². The van der Waals surface area contributed by atoms with Crippen molar-refractivity contribution in [3.8, 4) is 0 Å². The zero-order valence-corrected chi connectivity index (χ0v) is 17.6. The summed E-state index contributed by atoms with van der Waals surface area (Å²) in [6.45, 7) is 7.38. The van der Waals surface area contributed by atoms with Crippen LogP contribution < -0.4 is 0 Å². The zero-order valence-electron chi connectivity index (χ0n) is 17.6. The van der Waals surface area contributed by atoms with E-state index in [4.69, 9.17) is 14.3 Å². The van der Waals surface area contributed by atoms with Gasteiger partial charge in [-0.25, -0.2) is 0 Å². The summed E-state index contributed by atoms with van der Waals surface area (Å²) in [7, 11) is 1.60. The van der Waals surface area contributed by atoms with Gasteiger partial charge in [-0.05, 0) is 64.9 Å². The highest BCUT2D eigenvalue weighted by Gasteiger charge is 2.61. The third kappa shape index (κ3) is 2.83. The molecule has 3 fully saturated rings. The van der Waals surface area contributed by atoms with Crippen LogP contribution in [0.2, 0.25) is 0 Å². The maximum absolute atomic E-state index is 13.6. The normalized spacial score (nSPS) is 26.5. The van der Waals surface area contributed by atoms with Gasteiger partial charge in [-0.3, -0.25) is 9.48 Å². The molecule has 1 saturated heterocycles. The monoisotopic (exact) mass is 399 g/mol. The van der Waals surface area contributed by atoms with Gasteiger partial charge < -0.3 is 14.1 Å². The Hall–Kier alpha value is -2.22. The molecular formula is C21H29N5O3. The number of hydrogen-bond acceptors (Lipinski definition) is 6. The van der Waals surface area contributed by atoms with Crippen LogP contribution in [0.1, 0.15) is 86.8 Å². The maximum atomic E-state index is 13.6. The Kier molecular flexibility index (Phi) is 4.14. The minimum atomic E-state index is -0.485. The number of carbonyl (C=O) groups is 1. The molecule has 5 rings (SSSR count). The molecule has 2 aromatic rings. The summed E-state index contributed by atoms with van der Waals surface area (Å²) >= 11 is 0. The predicted molar refractivity (Wildman–Crippen MR) is 104 cm³/mol. The van der Waals surface area contributed by atoms with Crippen molar-refractivity contribution in [2.24, 2.45) is 5.92 Å². The van der Waals surface area contributed by atoms with Gasteiger partial charge in [0.1, 0.15) is 12.1 Å². The molecule has 0 radical (unpaired) electrons. The van der Waals surface area contributed by atoms with Gasteiger partial charge in [0.05, 0.1) is 5.54 Å². The van der Waals surface area contributed by atoms with E-state index in [-0.39, 0.29) is 18.1 Å². The van der Waals surface area contributed by atoms with E-state index >= 15 is 0 Å². The summed E-state index contributed by atoms with van der Waals surface area (Å²) in [5.41, 5.74) is 1.07. The number of methoxy groups -OCH3 is 1. The molecule has 2 saturated carbocycles. The molecule has 2 atom stereocenters. The molecule has 1 amide bonds. The summed E-state index contributed by atoms with van der Waals surface area (Å²) in [5, 5.41) is 13.2. The number of fused-ring (bicyclic) bond motifs is 1. The highest BCUT2D eigenvalue weighted by molar-refractivity contribution is 5.93. The van der Waals surface area contributed by atoms with Gasteiger partial charge in [-0.2, -0.15) is 5.10 Å². The van der Waals surface area contributed by atoms with Gasteiger partial charge in [0.25, 0.3) is 5.91 Å². The average molecular weight is 399 g/mol. The number of carbonyl (C=O) groups excluding carboxylic acids is 1. The fourth-order valence-electron chi connectivity index (χ4n) is 4.98. The molecule has 0 aromatic carbocycles. The Morgan fingerprint density at radius 3 is 2.69 bits per heavy atom. The van der Waals surface area contributed by atoms with Gasteiger partial charge in [0.15, 0.2) is 5.69 Å². The van der Waals surface area contributed by atoms with Gasteiger partial charge in [0.2, 0.25) is 11.8 Å². The summed E-state index contributed by atoms with van der Waals surface area (Å²) in [4.78, 5) is 15.6. The highest BCUT2D eigenvalue weighted by Crippen LogP contribution is 2.57. The first-order valence-electron chi connectivity index (χ1n) is 10.6. The van der Waals surface area contributed by atoms with E-state index in [0.717, 1.165) is 19.3 Å². The number of hydrogen-bond donors (Lipinski definition) is 0. The van der Waals surface area contributed by atoms with Crippen molar-refractivity contribution in [1.82, 2.24) is 24.9 Å². The Bertz CT molecular complexity index is 939. The highest BCUT2D eigenvalue weighted by atomic mass is 16.5. The van der Waals surface area contributed by atoms with Gasteiger partial charge in [0, 0.05) is 25.3 Å². The molecule has 0 spiro atoms. The van der Waals surface area contributed by atoms with Gasteiger partial charge in [-0.15, -0.1) is 10.2 Å². The molecule has 8 nitrogen and oxygen atoms in total. The van der Waals surface area contributed by atoms with E-state index < -0.39 is 5.54 Å². The Morgan fingerprint density at radius 2 is 2.07 bits per heavy atom. The summed E-state index contributed by atoms with van der Waals surface area (Å²) < 4.78 is 13.1. The molecular weight excluding hydrogens is 370 g/mol. The van der Waals surface area contributed by atoms with Crippen molar-refractivity contribution in [1.29, 1.82) is 0 Å². The summed E-state index contributed by atoms with van der Waals surface area (Å²) in [6.07, 6.45) is 5.25. The van der Waals surface area contributed by atoms with E-state index in [2.05, 4.69) is 31.0 Å². The Morgan fingerprint density at radius 1 is 1.28 bits per heavy atom. The molecule has 8 heteroatoms. The second-order valence-corrected chi connectivity index (χ2v) is 9.65. The molecule has 0 N–H and O–H groups in total. The summed E-state index contributed by atoms with van der Waals surface area (Å²) in [6, 6.07) is 2.01. The number of rotatable bonds is 5. The number of aromatic nitrogens is 4. The second kappa shape index (κ2) is 6.39. The number of likely N-dealkylation sites (tertiary alicyclic amines) is 1. The molecule has 0 bridgehead atoms. The first-order valence-corrected chi connectivity index (χ1v) is 10.6. The number of nitrogens with zero attached hydrogens (tertiary/aromatic N) is 5. The third-order valence-electron chi connectivity index (χ3n) is 6.67. The first kappa shape index (κ1) is 18.8. The number of ether oxygens (including phenoxy) is 1. The molecule has 3 aliphatic rings. The van der Waals surface area contributed by atoms with Gasteiger partial charge in [-0.1, -0.05) is 0 Å². The smallest absolute Gasteiger partial charge is 0.275 e. The fraction of sp³-hybridized carbons (Fsp3) is 0.714. The van der Waals surface area contributed by atoms with Crippen LogP contribution in [-0.4, -0.2) is 44.4 Å². The topological polar surface area (TPSA) is 86.3 Å². The van der Waals surface area contributed by atoms with Crippen molar-refractivity contribution in [2.75, 3.05) is 13.7 Å². The predicted octanol–water partition coefficient (Wildman–Crippen LogP) is 3.20. The molecule has 3 heterocycles. The maximum Gasteiger partial charge on any atom is 0.275 e. The lowest BCUT2D eigenvalue weighted by atomic mass is 9.67. The SMILES string of the molecule is COCc1nnc([C@]23CC[C@H]2CCN3C(=O)c2cc(C3CC3)n(C(C)(C)C)n2)o1. The van der Waals surface area contributed by atoms with Crippen molar-refractivity contribution in [3.63, 3.8) is 0 Å². The van der Waals surface area contributed by atoms with E-state index in [1.54, 1.807) is 7.11 Å². The van der Waals surface area contributed by atoms with Crippen molar-refractivity contribution < 1.29 is 13.9 Å². The number of amides is 1. The minimum Gasteiger partial charge on any atom is -0.420 e. The largest absolute Gasteiger partial charge is 0.420 e. The third-order valence-corrected chi connectivity index (χ3v) is 6.67. The molecule has 2 aromatic heterocycles. The minimum absolute atomic E-state index is 0.0245. The van der Waals surface area contributed by atoms with Gasteiger partial charge >= 0.3 is 0 Å². The van der Waals surface area contributed by atoms with Crippen LogP contribution in [0.25, 0.3) is 0 Å². The Balaban J connectivity index is 1.49. The zero-order chi connectivity index (χ0) is 20.4. The van der Waals surface area contributed by atoms with Crippen LogP contribution in [0, 0.1) is 5.92 Å². The molecule has 0 unspecified atom stereocenters. The second-order valence-electron chi connectivity index (χ2n) is 9.65. The van der Waals surface area contributed by atoms with E-state index in [0.29, 0.717) is 35.9 Å². The van der Waals surface area contributed by atoms with Crippen LogP contribution >= 0.6 is 0 Å². The molecule has 2 aliphatic carbocycles. The van der Waals surface area contributed by atoms with Crippen LogP contribution in [0.4, 0.5) is 0 Å². The van der Waals surface area contributed by atoms with Crippen LogP contribution in [-0.2, 0) is 22.4 Å². The van der Waals surface area contributed by atoms with Crippen LogP contribution in [0.5, 0.6) is 0 Å². The van der Waals surface area contributed by atoms with E-state index in [1.807, 2.05) is 15.6 Å². The summed E-state index contributed by atoms with van der Waals surface area (Å²) in [5.74, 6) is 1.87. The Labute approximate surface area is 170 Å². The van der Waals surface area contributed by atoms with Crippen molar-refractivity contribution >= 4 is 5.91 Å². The molecule has 156 valence electrons. The lowest BCUT2D eigenvalue weighted by Gasteiger charge is -2.46.